The molecular formula is C13H18OS4. The maximum absolute atomic E-state index is 5.21. The van der Waals surface area contributed by atoms with Gasteiger partial charge in [0, 0.05) is 11.5 Å². The van der Waals surface area contributed by atoms with Gasteiger partial charge in [-0.3, -0.25) is 0 Å². The van der Waals surface area contributed by atoms with Crippen LogP contribution in [0.3, 0.4) is 0 Å². The van der Waals surface area contributed by atoms with Gasteiger partial charge in [-0.1, -0.05) is 12.1 Å². The minimum absolute atomic E-state index is 0.181. The van der Waals surface area contributed by atoms with E-state index in [2.05, 4.69) is 55.6 Å². The molecule has 0 saturated carbocycles. The molecule has 0 radical (unpaired) electrons. The van der Waals surface area contributed by atoms with Gasteiger partial charge in [0.15, 0.2) is 0 Å². The van der Waals surface area contributed by atoms with E-state index in [1.165, 1.54) is 11.3 Å². The van der Waals surface area contributed by atoms with Crippen molar-refractivity contribution in [2.75, 3.05) is 24.4 Å². The fourth-order valence-electron chi connectivity index (χ4n) is 1.86. The molecule has 1 aliphatic heterocycles. The molecule has 1 saturated heterocycles. The zero-order chi connectivity index (χ0) is 13.0. The summed E-state index contributed by atoms with van der Waals surface area (Å²) in [4.78, 5) is 0. The van der Waals surface area contributed by atoms with Gasteiger partial charge >= 0.3 is 0 Å². The number of hydrogen-bond donors (Lipinski definition) is 1. The summed E-state index contributed by atoms with van der Waals surface area (Å²) < 4.78 is 6.08. The molecule has 0 aliphatic carbocycles. The lowest BCUT2D eigenvalue weighted by Crippen LogP contribution is -2.09. The van der Waals surface area contributed by atoms with Crippen LogP contribution in [0.15, 0.2) is 24.3 Å². The van der Waals surface area contributed by atoms with Crippen molar-refractivity contribution in [3.8, 4) is 5.75 Å². The number of benzene rings is 1. The maximum Gasteiger partial charge on any atom is 0.118 e. The summed E-state index contributed by atoms with van der Waals surface area (Å²) in [6.45, 7) is 2.32. The monoisotopic (exact) mass is 318 g/mol. The first kappa shape index (κ1) is 14.8. The highest BCUT2D eigenvalue weighted by atomic mass is 32.2. The highest BCUT2D eigenvalue weighted by Crippen LogP contribution is 2.57. The molecule has 18 heavy (non-hydrogen) atoms. The van der Waals surface area contributed by atoms with Gasteiger partial charge in [0.05, 0.1) is 15.8 Å². The zero-order valence-corrected chi connectivity index (χ0v) is 13.9. The highest BCUT2D eigenvalue weighted by Gasteiger charge is 2.38. The predicted octanol–water partition coefficient (Wildman–Crippen LogP) is 4.34. The molecule has 0 bridgehead atoms. The van der Waals surface area contributed by atoms with Gasteiger partial charge in [0.1, 0.15) is 5.75 Å². The van der Waals surface area contributed by atoms with E-state index in [4.69, 9.17) is 4.74 Å². The van der Waals surface area contributed by atoms with E-state index < -0.39 is 0 Å². The lowest BCUT2D eigenvalue weighted by atomic mass is 10.1. The molecule has 1 aromatic carbocycles. The lowest BCUT2D eigenvalue weighted by molar-refractivity contribution is 0.414. The first-order valence-corrected chi connectivity index (χ1v) is 9.41. The highest BCUT2D eigenvalue weighted by molar-refractivity contribution is 8.28. The Labute approximate surface area is 128 Å². The topological polar surface area (TPSA) is 9.23 Å². The number of thioether (sulfide) groups is 3. The first-order chi connectivity index (χ1) is 8.68. The van der Waals surface area contributed by atoms with Crippen molar-refractivity contribution >= 4 is 47.9 Å². The summed E-state index contributed by atoms with van der Waals surface area (Å²) >= 11 is 10.4. The van der Waals surface area contributed by atoms with Crippen LogP contribution in [0.1, 0.15) is 12.5 Å². The molecule has 0 aromatic heterocycles. The Morgan fingerprint density at radius 2 is 2.17 bits per heavy atom. The van der Waals surface area contributed by atoms with Crippen LogP contribution < -0.4 is 4.74 Å². The molecule has 2 unspecified atom stereocenters. The van der Waals surface area contributed by atoms with E-state index in [9.17, 15) is 0 Å². The minimum atomic E-state index is 0.181. The quantitative estimate of drug-likeness (QED) is 0.808. The van der Waals surface area contributed by atoms with Crippen LogP contribution in [0, 0.1) is 0 Å². The van der Waals surface area contributed by atoms with E-state index in [-0.39, 0.29) is 4.08 Å². The molecule has 2 rings (SSSR count). The van der Waals surface area contributed by atoms with Crippen molar-refractivity contribution in [1.82, 2.24) is 0 Å². The Kier molecular flexibility index (Phi) is 5.54. The summed E-state index contributed by atoms with van der Waals surface area (Å²) in [5.41, 5.74) is 1.38. The zero-order valence-electron chi connectivity index (χ0n) is 10.6. The summed E-state index contributed by atoms with van der Waals surface area (Å²) in [6, 6.07) is 8.47. The van der Waals surface area contributed by atoms with E-state index in [1.807, 2.05) is 23.5 Å². The Morgan fingerprint density at radius 3 is 2.78 bits per heavy atom. The molecule has 0 amide bonds. The van der Waals surface area contributed by atoms with Gasteiger partial charge in [-0.15, -0.1) is 35.3 Å². The van der Waals surface area contributed by atoms with Crippen LogP contribution in [0.4, 0.5) is 0 Å². The van der Waals surface area contributed by atoms with Gasteiger partial charge in [0.25, 0.3) is 0 Å². The van der Waals surface area contributed by atoms with Crippen molar-refractivity contribution in [3.63, 3.8) is 0 Å². The van der Waals surface area contributed by atoms with E-state index in [0.29, 0.717) is 4.58 Å². The average Bonchev–Trinajstić information content (AvgIpc) is 2.79. The molecule has 0 N–H and O–H groups in total. The summed E-state index contributed by atoms with van der Waals surface area (Å²) in [6.07, 6.45) is 0. The molecule has 0 spiro atoms. The number of methoxy groups -OCH3 is 1. The van der Waals surface area contributed by atoms with Crippen molar-refractivity contribution < 1.29 is 4.74 Å². The van der Waals surface area contributed by atoms with Crippen LogP contribution in [0.2, 0.25) is 0 Å². The lowest BCUT2D eigenvalue weighted by Gasteiger charge is -2.23. The predicted molar refractivity (Wildman–Crippen MR) is 90.5 cm³/mol. The third-order valence-corrected chi connectivity index (χ3v) is 8.53. The molecule has 5 heteroatoms. The van der Waals surface area contributed by atoms with Crippen LogP contribution in [0.25, 0.3) is 0 Å². The normalized spacial score (nSPS) is 27.4. The van der Waals surface area contributed by atoms with E-state index >= 15 is 0 Å². The molecule has 2 atom stereocenters. The molecule has 1 aromatic rings. The fraction of sp³-hybridized carbons (Fsp3) is 0.538. The summed E-state index contributed by atoms with van der Waals surface area (Å²) in [5.74, 6) is 4.24. The van der Waals surface area contributed by atoms with Crippen LogP contribution in [0.5, 0.6) is 5.75 Å². The second-order valence-corrected chi connectivity index (χ2v) is 9.50. The fourth-order valence-corrected chi connectivity index (χ4v) is 7.28. The second kappa shape index (κ2) is 6.73. The smallest absolute Gasteiger partial charge is 0.118 e. The second-order valence-electron chi connectivity index (χ2n) is 4.13. The van der Waals surface area contributed by atoms with Crippen LogP contribution in [-0.2, 0) is 4.08 Å². The Morgan fingerprint density at radius 1 is 1.44 bits per heavy atom. The van der Waals surface area contributed by atoms with Crippen molar-refractivity contribution in [2.45, 2.75) is 15.6 Å². The maximum atomic E-state index is 5.21. The Hall–Kier alpha value is 0.420. The standard InChI is InChI=1S/C13H18OS4/c1-13(10-3-5-11(14-2)6-4-10)17-9-12(18-13)16-8-7-15/h3-6,12,15H,7-9H2,1-2H3. The number of rotatable bonds is 5. The Bertz CT molecular complexity index is 381. The van der Waals surface area contributed by atoms with Gasteiger partial charge in [-0.25, -0.2) is 0 Å². The Balaban J connectivity index is 2.03. The third kappa shape index (κ3) is 3.50. The first-order valence-electron chi connectivity index (χ1n) is 5.87. The van der Waals surface area contributed by atoms with Crippen molar-refractivity contribution in [1.29, 1.82) is 0 Å². The van der Waals surface area contributed by atoms with Gasteiger partial charge in [0.2, 0.25) is 0 Å². The van der Waals surface area contributed by atoms with E-state index in [1.54, 1.807) is 7.11 Å². The van der Waals surface area contributed by atoms with Gasteiger partial charge in [-0.05, 0) is 30.4 Å². The van der Waals surface area contributed by atoms with Crippen LogP contribution in [-0.4, -0.2) is 29.0 Å². The largest absolute Gasteiger partial charge is 0.497 e. The van der Waals surface area contributed by atoms with Crippen molar-refractivity contribution in [3.05, 3.63) is 29.8 Å². The molecule has 1 aliphatic rings. The minimum Gasteiger partial charge on any atom is -0.497 e. The molecule has 100 valence electrons. The number of hydrogen-bond acceptors (Lipinski definition) is 5. The SMILES string of the molecule is COc1ccc(C2(C)SCC(SCCS)S2)cc1. The molecule has 1 heterocycles. The number of thiol groups is 1. The molecule has 1 fully saturated rings. The third-order valence-electron chi connectivity index (χ3n) is 2.86. The molecular weight excluding hydrogens is 300 g/mol. The van der Waals surface area contributed by atoms with Crippen LogP contribution >= 0.6 is 47.9 Å². The van der Waals surface area contributed by atoms with E-state index in [0.717, 1.165) is 17.3 Å². The van der Waals surface area contributed by atoms with Gasteiger partial charge < -0.3 is 4.74 Å². The van der Waals surface area contributed by atoms with Crippen molar-refractivity contribution in [2.24, 2.45) is 0 Å². The number of ether oxygens (including phenoxy) is 1. The average molecular weight is 319 g/mol. The summed E-state index contributed by atoms with van der Waals surface area (Å²) in [7, 11) is 1.71. The van der Waals surface area contributed by atoms with Gasteiger partial charge in [-0.2, -0.15) is 12.6 Å². The summed E-state index contributed by atoms with van der Waals surface area (Å²) in [5, 5.41) is 0. The molecule has 1 nitrogen and oxygen atoms in total.